The molecule has 1 aliphatic carbocycles. The van der Waals surface area contributed by atoms with E-state index in [9.17, 15) is 13.6 Å². The number of aromatic nitrogens is 1. The molecule has 1 aliphatic rings. The molecule has 0 unspecified atom stereocenters. The molecule has 0 radical (unpaired) electrons. The first-order chi connectivity index (χ1) is 8.09. The minimum Gasteiger partial charge on any atom is -0.477 e. The maximum atomic E-state index is 12.5. The summed E-state index contributed by atoms with van der Waals surface area (Å²) in [7, 11) is 0. The molecular formula is C12H13F2NO2. The third-order valence-electron chi connectivity index (χ3n) is 2.76. The predicted molar refractivity (Wildman–Crippen MR) is 57.2 cm³/mol. The lowest BCUT2D eigenvalue weighted by atomic mass is 9.82. The van der Waals surface area contributed by atoms with Gasteiger partial charge in [0.05, 0.1) is 6.61 Å². The molecule has 92 valence electrons. The van der Waals surface area contributed by atoms with Gasteiger partial charge < -0.3 is 9.53 Å². The van der Waals surface area contributed by atoms with Crippen LogP contribution < -0.4 is 4.74 Å². The van der Waals surface area contributed by atoms with Crippen LogP contribution in [0, 0.1) is 5.92 Å². The highest BCUT2D eigenvalue weighted by atomic mass is 19.3. The molecule has 1 aromatic heterocycles. The van der Waals surface area contributed by atoms with E-state index < -0.39 is 5.92 Å². The van der Waals surface area contributed by atoms with Crippen LogP contribution in [-0.4, -0.2) is 23.8 Å². The lowest BCUT2D eigenvalue weighted by Crippen LogP contribution is -2.38. The van der Waals surface area contributed by atoms with Gasteiger partial charge in [0, 0.05) is 37.4 Å². The molecule has 0 spiro atoms. The maximum absolute atomic E-state index is 12.5. The van der Waals surface area contributed by atoms with Gasteiger partial charge in [0.1, 0.15) is 6.29 Å². The van der Waals surface area contributed by atoms with Crippen LogP contribution in [0.15, 0.2) is 18.3 Å². The highest BCUT2D eigenvalue weighted by Gasteiger charge is 2.45. The van der Waals surface area contributed by atoms with Crippen LogP contribution in [0.2, 0.25) is 0 Å². The summed E-state index contributed by atoms with van der Waals surface area (Å²) in [5.41, 5.74) is 0.808. The van der Waals surface area contributed by atoms with Crippen molar-refractivity contribution in [3.63, 3.8) is 0 Å². The molecule has 0 N–H and O–H groups in total. The van der Waals surface area contributed by atoms with E-state index in [1.54, 1.807) is 18.3 Å². The van der Waals surface area contributed by atoms with Gasteiger partial charge in [-0.15, -0.1) is 0 Å². The van der Waals surface area contributed by atoms with Crippen molar-refractivity contribution in [3.8, 4) is 5.88 Å². The van der Waals surface area contributed by atoms with E-state index in [1.165, 1.54) is 0 Å². The molecule has 0 atom stereocenters. The zero-order chi connectivity index (χ0) is 12.3. The van der Waals surface area contributed by atoms with Crippen molar-refractivity contribution in [3.05, 3.63) is 23.9 Å². The van der Waals surface area contributed by atoms with Gasteiger partial charge in [-0.3, -0.25) is 0 Å². The Labute approximate surface area is 97.8 Å². The number of hydrogen-bond donors (Lipinski definition) is 0. The van der Waals surface area contributed by atoms with Crippen molar-refractivity contribution in [2.45, 2.75) is 25.2 Å². The Kier molecular flexibility index (Phi) is 3.36. The number of pyridine rings is 1. The molecule has 0 saturated heterocycles. The Morgan fingerprint density at radius 2 is 2.24 bits per heavy atom. The summed E-state index contributed by atoms with van der Waals surface area (Å²) < 4.78 is 30.4. The van der Waals surface area contributed by atoms with E-state index >= 15 is 0 Å². The quantitative estimate of drug-likeness (QED) is 0.742. The Hall–Kier alpha value is -1.52. The Balaban J connectivity index is 1.78. The SMILES string of the molecule is O=CCc1ccc(OCC2CC(F)(F)C2)nc1. The third kappa shape index (κ3) is 3.22. The fourth-order valence-corrected chi connectivity index (χ4v) is 1.82. The molecule has 1 saturated carbocycles. The van der Waals surface area contributed by atoms with E-state index in [4.69, 9.17) is 4.74 Å². The van der Waals surface area contributed by atoms with Crippen LogP contribution in [0.25, 0.3) is 0 Å². The number of alkyl halides is 2. The molecule has 2 rings (SSSR count). The van der Waals surface area contributed by atoms with E-state index in [2.05, 4.69) is 4.98 Å². The highest BCUT2D eigenvalue weighted by Crippen LogP contribution is 2.42. The minimum absolute atomic E-state index is 0.0820. The van der Waals surface area contributed by atoms with Crippen LogP contribution in [0.5, 0.6) is 5.88 Å². The average molecular weight is 241 g/mol. The summed E-state index contributed by atoms with van der Waals surface area (Å²) in [4.78, 5) is 14.2. The van der Waals surface area contributed by atoms with Crippen LogP contribution in [0.4, 0.5) is 8.78 Å². The topological polar surface area (TPSA) is 39.2 Å². The monoisotopic (exact) mass is 241 g/mol. The molecule has 1 aromatic rings. The average Bonchev–Trinajstić information content (AvgIpc) is 2.26. The number of halogens is 2. The molecule has 17 heavy (non-hydrogen) atoms. The van der Waals surface area contributed by atoms with Crippen molar-refractivity contribution in [1.29, 1.82) is 0 Å². The second kappa shape index (κ2) is 4.77. The van der Waals surface area contributed by atoms with Gasteiger partial charge in [-0.25, -0.2) is 13.8 Å². The first-order valence-corrected chi connectivity index (χ1v) is 5.48. The Morgan fingerprint density at radius 1 is 1.47 bits per heavy atom. The highest BCUT2D eigenvalue weighted by molar-refractivity contribution is 5.54. The van der Waals surface area contributed by atoms with Gasteiger partial charge in [0.15, 0.2) is 0 Å². The lowest BCUT2D eigenvalue weighted by Gasteiger charge is -2.34. The fraction of sp³-hybridized carbons (Fsp3) is 0.500. The Bertz CT molecular complexity index is 384. The lowest BCUT2D eigenvalue weighted by molar-refractivity contribution is -0.119. The fourth-order valence-electron chi connectivity index (χ4n) is 1.82. The van der Waals surface area contributed by atoms with Crippen molar-refractivity contribution in [2.24, 2.45) is 5.92 Å². The van der Waals surface area contributed by atoms with Gasteiger partial charge in [-0.2, -0.15) is 0 Å². The second-order valence-electron chi connectivity index (χ2n) is 4.32. The van der Waals surface area contributed by atoms with Crippen molar-refractivity contribution in [1.82, 2.24) is 4.98 Å². The first kappa shape index (κ1) is 12.0. The summed E-state index contributed by atoms with van der Waals surface area (Å²) in [5.74, 6) is -2.17. The number of nitrogens with zero attached hydrogens (tertiary/aromatic N) is 1. The summed E-state index contributed by atoms with van der Waals surface area (Å²) in [6.45, 7) is 0.273. The molecule has 1 heterocycles. The van der Waals surface area contributed by atoms with Crippen LogP contribution >= 0.6 is 0 Å². The molecule has 3 nitrogen and oxygen atoms in total. The number of hydrogen-bond acceptors (Lipinski definition) is 3. The largest absolute Gasteiger partial charge is 0.477 e. The summed E-state index contributed by atoms with van der Waals surface area (Å²) in [6, 6.07) is 3.39. The summed E-state index contributed by atoms with van der Waals surface area (Å²) >= 11 is 0. The number of rotatable bonds is 5. The van der Waals surface area contributed by atoms with Gasteiger partial charge in [0.2, 0.25) is 11.8 Å². The maximum Gasteiger partial charge on any atom is 0.248 e. The van der Waals surface area contributed by atoms with Crippen molar-refractivity contribution >= 4 is 6.29 Å². The van der Waals surface area contributed by atoms with E-state index in [1.807, 2.05) is 0 Å². The normalized spacial score (nSPS) is 18.5. The third-order valence-corrected chi connectivity index (χ3v) is 2.76. The Morgan fingerprint density at radius 3 is 2.76 bits per heavy atom. The number of ether oxygens (including phenoxy) is 1. The molecule has 0 aromatic carbocycles. The molecule has 5 heteroatoms. The smallest absolute Gasteiger partial charge is 0.248 e. The van der Waals surface area contributed by atoms with Gasteiger partial charge in [-0.1, -0.05) is 6.07 Å². The van der Waals surface area contributed by atoms with E-state index in [-0.39, 0.29) is 25.4 Å². The number of carbonyl (C=O) groups excluding carboxylic acids is 1. The molecular weight excluding hydrogens is 228 g/mol. The van der Waals surface area contributed by atoms with Gasteiger partial charge >= 0.3 is 0 Å². The molecule has 0 bridgehead atoms. The zero-order valence-electron chi connectivity index (χ0n) is 9.23. The predicted octanol–water partition coefficient (Wildman–Crippen LogP) is 2.25. The number of carbonyl (C=O) groups is 1. The first-order valence-electron chi connectivity index (χ1n) is 5.48. The number of aldehydes is 1. The van der Waals surface area contributed by atoms with Crippen molar-refractivity contribution < 1.29 is 18.3 Å². The van der Waals surface area contributed by atoms with Crippen molar-refractivity contribution in [2.75, 3.05) is 6.61 Å². The van der Waals surface area contributed by atoms with Crippen LogP contribution in [0.1, 0.15) is 18.4 Å². The standard InChI is InChI=1S/C12H13F2NO2/c13-12(14)5-10(6-12)8-17-11-2-1-9(3-4-16)7-15-11/h1-2,4,7,10H,3,5-6,8H2. The van der Waals surface area contributed by atoms with E-state index in [0.29, 0.717) is 12.3 Å². The van der Waals surface area contributed by atoms with Gasteiger partial charge in [-0.05, 0) is 5.56 Å². The van der Waals surface area contributed by atoms with Gasteiger partial charge in [0.25, 0.3) is 0 Å². The molecule has 0 aliphatic heterocycles. The molecule has 1 fully saturated rings. The summed E-state index contributed by atoms with van der Waals surface area (Å²) in [5, 5.41) is 0. The molecule has 0 amide bonds. The second-order valence-corrected chi connectivity index (χ2v) is 4.32. The van der Waals surface area contributed by atoms with Crippen LogP contribution in [-0.2, 0) is 11.2 Å². The van der Waals surface area contributed by atoms with E-state index in [0.717, 1.165) is 11.8 Å². The minimum atomic E-state index is -2.50. The zero-order valence-corrected chi connectivity index (χ0v) is 9.23. The summed E-state index contributed by atoms with van der Waals surface area (Å²) in [6.07, 6.45) is 2.47. The van der Waals surface area contributed by atoms with Crippen LogP contribution in [0.3, 0.4) is 0 Å².